The van der Waals surface area contributed by atoms with Crippen LogP contribution in [0.25, 0.3) is 0 Å². The van der Waals surface area contributed by atoms with Crippen LogP contribution in [0.3, 0.4) is 0 Å². The summed E-state index contributed by atoms with van der Waals surface area (Å²) < 4.78 is 10.5. The van der Waals surface area contributed by atoms with E-state index >= 15 is 0 Å². The lowest BCUT2D eigenvalue weighted by atomic mass is 10.0. The number of carbonyl (C=O) groups excluding carboxylic acids is 1. The van der Waals surface area contributed by atoms with Gasteiger partial charge in [-0.25, -0.2) is 0 Å². The maximum atomic E-state index is 11.5. The number of esters is 1. The van der Waals surface area contributed by atoms with Crippen LogP contribution >= 0.6 is 0 Å². The van der Waals surface area contributed by atoms with E-state index in [0.29, 0.717) is 12.5 Å². The van der Waals surface area contributed by atoms with Crippen LogP contribution in [0, 0.1) is 0 Å². The predicted octanol–water partition coefficient (Wildman–Crippen LogP) is 2.01. The van der Waals surface area contributed by atoms with Gasteiger partial charge in [-0.15, -0.1) is 0 Å². The van der Waals surface area contributed by atoms with E-state index in [1.54, 1.807) is 0 Å². The summed E-state index contributed by atoms with van der Waals surface area (Å²) in [5.74, 6) is -0.189. The van der Waals surface area contributed by atoms with Gasteiger partial charge in [0.05, 0.1) is 26.2 Å². The summed E-state index contributed by atoms with van der Waals surface area (Å²) in [7, 11) is 1.43. The quantitative estimate of drug-likeness (QED) is 0.772. The number of methoxy groups -OCH3 is 1. The first-order valence-electron chi connectivity index (χ1n) is 7.20. The van der Waals surface area contributed by atoms with Crippen molar-refractivity contribution in [3.63, 3.8) is 0 Å². The van der Waals surface area contributed by atoms with Crippen LogP contribution in [0.5, 0.6) is 0 Å². The van der Waals surface area contributed by atoms with E-state index in [9.17, 15) is 4.79 Å². The van der Waals surface area contributed by atoms with Gasteiger partial charge in [0, 0.05) is 19.6 Å². The smallest absolute Gasteiger partial charge is 0.309 e. The summed E-state index contributed by atoms with van der Waals surface area (Å²) in [4.78, 5) is 13.9. The highest BCUT2D eigenvalue weighted by Gasteiger charge is 2.20. The average molecular weight is 277 g/mol. The fraction of sp³-hybridized carbons (Fsp3) is 0.562. The SMILES string of the molecule is CCC1CN(Cc2ccccc2CC(=O)OC)CCO1. The number of hydrogen-bond acceptors (Lipinski definition) is 4. The molecule has 2 rings (SSSR count). The molecule has 110 valence electrons. The Hall–Kier alpha value is -1.39. The van der Waals surface area contributed by atoms with Gasteiger partial charge in [0.1, 0.15) is 0 Å². The van der Waals surface area contributed by atoms with Gasteiger partial charge < -0.3 is 9.47 Å². The molecule has 0 N–H and O–H groups in total. The zero-order chi connectivity index (χ0) is 14.4. The van der Waals surface area contributed by atoms with E-state index in [1.807, 2.05) is 18.2 Å². The first kappa shape index (κ1) is 15.0. The van der Waals surface area contributed by atoms with Crippen LogP contribution < -0.4 is 0 Å². The van der Waals surface area contributed by atoms with Crippen molar-refractivity contribution in [1.29, 1.82) is 0 Å². The van der Waals surface area contributed by atoms with Crippen molar-refractivity contribution in [1.82, 2.24) is 4.90 Å². The lowest BCUT2D eigenvalue weighted by Crippen LogP contribution is -2.41. The Morgan fingerprint density at radius 2 is 2.15 bits per heavy atom. The number of rotatable bonds is 5. The highest BCUT2D eigenvalue weighted by atomic mass is 16.5. The zero-order valence-corrected chi connectivity index (χ0v) is 12.3. The Labute approximate surface area is 120 Å². The standard InChI is InChI=1S/C16H23NO3/c1-3-15-12-17(8-9-20-15)11-14-7-5-4-6-13(14)10-16(18)19-2/h4-7,15H,3,8-12H2,1-2H3. The van der Waals surface area contributed by atoms with Crippen molar-refractivity contribution in [2.45, 2.75) is 32.4 Å². The largest absolute Gasteiger partial charge is 0.469 e. The van der Waals surface area contributed by atoms with E-state index in [4.69, 9.17) is 9.47 Å². The van der Waals surface area contributed by atoms with Gasteiger partial charge in [-0.1, -0.05) is 31.2 Å². The van der Waals surface area contributed by atoms with Crippen LogP contribution in [0.15, 0.2) is 24.3 Å². The van der Waals surface area contributed by atoms with E-state index in [-0.39, 0.29) is 5.97 Å². The van der Waals surface area contributed by atoms with Crippen molar-refractivity contribution in [3.05, 3.63) is 35.4 Å². The summed E-state index contributed by atoms with van der Waals surface area (Å²) in [6.45, 7) is 5.72. The molecule has 1 atom stereocenters. The van der Waals surface area contributed by atoms with Gasteiger partial charge in [-0.05, 0) is 17.5 Å². The van der Waals surface area contributed by atoms with Gasteiger partial charge in [0.15, 0.2) is 0 Å². The van der Waals surface area contributed by atoms with Gasteiger partial charge in [0.2, 0.25) is 0 Å². The average Bonchev–Trinajstić information content (AvgIpc) is 2.49. The molecule has 1 aromatic carbocycles. The predicted molar refractivity (Wildman–Crippen MR) is 77.5 cm³/mol. The molecule has 0 aliphatic carbocycles. The zero-order valence-electron chi connectivity index (χ0n) is 12.3. The summed E-state index contributed by atoms with van der Waals surface area (Å²) in [6, 6.07) is 8.09. The fourth-order valence-corrected chi connectivity index (χ4v) is 2.52. The summed E-state index contributed by atoms with van der Waals surface area (Å²) in [6.07, 6.45) is 1.71. The molecular weight excluding hydrogens is 254 g/mol. The Bertz CT molecular complexity index is 447. The molecule has 0 amide bonds. The molecule has 0 bridgehead atoms. The minimum Gasteiger partial charge on any atom is -0.469 e. The number of nitrogens with zero attached hydrogens (tertiary/aromatic N) is 1. The van der Waals surface area contributed by atoms with Crippen LogP contribution in [0.2, 0.25) is 0 Å². The van der Waals surface area contributed by atoms with Crippen molar-refractivity contribution in [3.8, 4) is 0 Å². The Balaban J connectivity index is 2.03. The van der Waals surface area contributed by atoms with Crippen LogP contribution in [0.1, 0.15) is 24.5 Å². The molecule has 0 radical (unpaired) electrons. The van der Waals surface area contributed by atoms with Gasteiger partial charge >= 0.3 is 5.97 Å². The summed E-state index contributed by atoms with van der Waals surface area (Å²) in [5.41, 5.74) is 2.26. The molecule has 1 unspecified atom stereocenters. The molecule has 1 saturated heterocycles. The van der Waals surface area contributed by atoms with Crippen molar-refractivity contribution in [2.24, 2.45) is 0 Å². The minimum absolute atomic E-state index is 0.189. The molecule has 0 spiro atoms. The topological polar surface area (TPSA) is 38.8 Å². The Morgan fingerprint density at radius 1 is 1.40 bits per heavy atom. The van der Waals surface area contributed by atoms with Crippen LogP contribution in [-0.2, 0) is 27.2 Å². The molecule has 0 aromatic heterocycles. The second kappa shape index (κ2) is 7.41. The molecule has 1 aliphatic heterocycles. The lowest BCUT2D eigenvalue weighted by Gasteiger charge is -2.32. The monoisotopic (exact) mass is 277 g/mol. The number of ether oxygens (including phenoxy) is 2. The number of hydrogen-bond donors (Lipinski definition) is 0. The summed E-state index contributed by atoms with van der Waals surface area (Å²) in [5, 5.41) is 0. The Kier molecular flexibility index (Phi) is 5.56. The third-order valence-electron chi connectivity index (χ3n) is 3.75. The third kappa shape index (κ3) is 4.05. The molecular formula is C16H23NO3. The number of morpholine rings is 1. The van der Waals surface area contributed by atoms with Crippen molar-refractivity contribution >= 4 is 5.97 Å². The van der Waals surface area contributed by atoms with Crippen molar-refractivity contribution in [2.75, 3.05) is 26.8 Å². The number of carbonyl (C=O) groups is 1. The molecule has 0 saturated carbocycles. The second-order valence-corrected chi connectivity index (χ2v) is 5.16. The maximum Gasteiger partial charge on any atom is 0.309 e. The molecule has 1 aliphatic rings. The fourth-order valence-electron chi connectivity index (χ4n) is 2.52. The van der Waals surface area contributed by atoms with E-state index in [1.165, 1.54) is 12.7 Å². The summed E-state index contributed by atoms with van der Waals surface area (Å²) >= 11 is 0. The minimum atomic E-state index is -0.189. The first-order valence-corrected chi connectivity index (χ1v) is 7.20. The van der Waals surface area contributed by atoms with E-state index in [2.05, 4.69) is 17.9 Å². The lowest BCUT2D eigenvalue weighted by molar-refractivity contribution is -0.139. The van der Waals surface area contributed by atoms with Gasteiger partial charge in [-0.2, -0.15) is 0 Å². The molecule has 20 heavy (non-hydrogen) atoms. The maximum absolute atomic E-state index is 11.5. The molecule has 4 nitrogen and oxygen atoms in total. The highest BCUT2D eigenvalue weighted by Crippen LogP contribution is 2.16. The molecule has 1 fully saturated rings. The molecule has 1 heterocycles. The van der Waals surface area contributed by atoms with Crippen molar-refractivity contribution < 1.29 is 14.3 Å². The second-order valence-electron chi connectivity index (χ2n) is 5.16. The Morgan fingerprint density at radius 3 is 2.85 bits per heavy atom. The number of benzene rings is 1. The van der Waals surface area contributed by atoms with E-state index in [0.717, 1.165) is 38.2 Å². The first-order chi connectivity index (χ1) is 9.72. The third-order valence-corrected chi connectivity index (χ3v) is 3.75. The van der Waals surface area contributed by atoms with Crippen LogP contribution in [0.4, 0.5) is 0 Å². The molecule has 4 heteroatoms. The van der Waals surface area contributed by atoms with E-state index < -0.39 is 0 Å². The van der Waals surface area contributed by atoms with Gasteiger partial charge in [0.25, 0.3) is 0 Å². The normalized spacial score (nSPS) is 19.8. The molecule has 1 aromatic rings. The highest BCUT2D eigenvalue weighted by molar-refractivity contribution is 5.72. The van der Waals surface area contributed by atoms with Gasteiger partial charge in [-0.3, -0.25) is 9.69 Å². The van der Waals surface area contributed by atoms with Crippen LogP contribution in [-0.4, -0.2) is 43.8 Å².